The number of hydrogen-bond donors (Lipinski definition) is 2. The van der Waals surface area contributed by atoms with Crippen LogP contribution in [-0.2, 0) is 14.4 Å². The highest BCUT2D eigenvalue weighted by atomic mass is 16.5. The van der Waals surface area contributed by atoms with Gasteiger partial charge in [0.25, 0.3) is 5.91 Å². The van der Waals surface area contributed by atoms with Crippen molar-refractivity contribution in [1.82, 2.24) is 5.32 Å². The maximum absolute atomic E-state index is 11.9. The largest absolute Gasteiger partial charge is 0.482 e. The lowest BCUT2D eigenvalue weighted by Gasteiger charge is -2.29. The first-order chi connectivity index (χ1) is 9.99. The Bertz CT molecular complexity index is 572. The van der Waals surface area contributed by atoms with Crippen molar-refractivity contribution >= 4 is 23.5 Å². The summed E-state index contributed by atoms with van der Waals surface area (Å²) >= 11 is 0. The van der Waals surface area contributed by atoms with Gasteiger partial charge in [-0.05, 0) is 19.1 Å². The molecule has 21 heavy (non-hydrogen) atoms. The number of nitrogens with one attached hydrogen (secondary N) is 1. The molecule has 0 fully saturated rings. The number of carbonyl (C=O) groups excluding carboxylic acids is 2. The highest BCUT2D eigenvalue weighted by molar-refractivity contribution is 5.98. The first-order valence-corrected chi connectivity index (χ1v) is 6.53. The molecule has 7 heteroatoms. The van der Waals surface area contributed by atoms with Crippen molar-refractivity contribution < 1.29 is 24.2 Å². The van der Waals surface area contributed by atoms with E-state index in [0.717, 1.165) is 0 Å². The van der Waals surface area contributed by atoms with Crippen molar-refractivity contribution in [3.05, 3.63) is 24.3 Å². The van der Waals surface area contributed by atoms with Gasteiger partial charge in [-0.2, -0.15) is 0 Å². The average molecular weight is 292 g/mol. The third-order valence-electron chi connectivity index (χ3n) is 3.12. The van der Waals surface area contributed by atoms with Crippen molar-refractivity contribution in [1.29, 1.82) is 0 Å². The number of nitrogens with zero attached hydrogens (tertiary/aromatic N) is 1. The number of anilines is 1. The van der Waals surface area contributed by atoms with E-state index in [0.29, 0.717) is 11.4 Å². The Labute approximate surface area is 121 Å². The zero-order chi connectivity index (χ0) is 15.4. The van der Waals surface area contributed by atoms with Crippen molar-refractivity contribution in [2.45, 2.75) is 19.4 Å². The Morgan fingerprint density at radius 3 is 2.86 bits per heavy atom. The molecular weight excluding hydrogens is 276 g/mol. The van der Waals surface area contributed by atoms with Crippen molar-refractivity contribution in [3.63, 3.8) is 0 Å². The number of amides is 2. The zero-order valence-electron chi connectivity index (χ0n) is 11.5. The number of hydrogen-bond acceptors (Lipinski definition) is 4. The monoisotopic (exact) mass is 292 g/mol. The highest BCUT2D eigenvalue weighted by Gasteiger charge is 2.25. The molecule has 0 bridgehead atoms. The van der Waals surface area contributed by atoms with Crippen molar-refractivity contribution in [2.75, 3.05) is 18.1 Å². The number of benzene rings is 1. The smallest absolute Gasteiger partial charge is 0.325 e. The van der Waals surface area contributed by atoms with E-state index in [-0.39, 0.29) is 25.5 Å². The van der Waals surface area contributed by atoms with Gasteiger partial charge in [-0.25, -0.2) is 0 Å². The van der Waals surface area contributed by atoms with Crippen molar-refractivity contribution in [3.8, 4) is 5.75 Å². The maximum atomic E-state index is 11.9. The summed E-state index contributed by atoms with van der Waals surface area (Å²) in [5.74, 6) is -1.15. The molecule has 1 aromatic rings. The second-order valence-electron chi connectivity index (χ2n) is 4.68. The van der Waals surface area contributed by atoms with Gasteiger partial charge in [-0.15, -0.1) is 0 Å². The molecule has 0 saturated carbocycles. The Balaban J connectivity index is 1.98. The Morgan fingerprint density at radius 2 is 2.14 bits per heavy atom. The molecule has 1 aliphatic rings. The fourth-order valence-corrected chi connectivity index (χ4v) is 1.99. The summed E-state index contributed by atoms with van der Waals surface area (Å²) in [6, 6.07) is 6.12. The minimum atomic E-state index is -1.10. The summed E-state index contributed by atoms with van der Waals surface area (Å²) in [6.45, 7) is 1.50. The molecule has 1 atom stereocenters. The molecule has 1 heterocycles. The highest BCUT2D eigenvalue weighted by Crippen LogP contribution is 2.31. The van der Waals surface area contributed by atoms with Gasteiger partial charge < -0.3 is 20.1 Å². The van der Waals surface area contributed by atoms with E-state index >= 15 is 0 Å². The number of fused-ring (bicyclic) bond motifs is 1. The summed E-state index contributed by atoms with van der Waals surface area (Å²) < 4.78 is 5.30. The van der Waals surface area contributed by atoms with Crippen molar-refractivity contribution in [2.24, 2.45) is 0 Å². The average Bonchev–Trinajstić information content (AvgIpc) is 2.46. The molecule has 0 saturated heterocycles. The Kier molecular flexibility index (Phi) is 4.42. The van der Waals surface area contributed by atoms with Gasteiger partial charge >= 0.3 is 5.97 Å². The third-order valence-corrected chi connectivity index (χ3v) is 3.12. The van der Waals surface area contributed by atoms with Gasteiger partial charge in [0.05, 0.1) is 5.69 Å². The van der Waals surface area contributed by atoms with E-state index in [2.05, 4.69) is 5.32 Å². The Morgan fingerprint density at radius 1 is 1.43 bits per heavy atom. The number of ether oxygens (including phenoxy) is 1. The van der Waals surface area contributed by atoms with Crippen LogP contribution in [-0.4, -0.2) is 42.1 Å². The van der Waals surface area contributed by atoms with Crippen LogP contribution in [0.3, 0.4) is 0 Å². The summed E-state index contributed by atoms with van der Waals surface area (Å²) in [5.41, 5.74) is 0.618. The van der Waals surface area contributed by atoms with E-state index in [1.54, 1.807) is 24.3 Å². The molecule has 0 spiro atoms. The lowest BCUT2D eigenvalue weighted by molar-refractivity contribution is -0.141. The summed E-state index contributed by atoms with van der Waals surface area (Å²) in [7, 11) is 0. The molecule has 7 nitrogen and oxygen atoms in total. The standard InChI is InChI=1S/C14H16N2O5/c1-9(14(19)20)15-12(17)6-7-16-10-4-2-3-5-11(10)21-8-13(16)18/h2-5,9H,6-8H2,1H3,(H,15,17)(H,19,20). The van der Waals surface area contributed by atoms with Gasteiger partial charge in [0.2, 0.25) is 5.91 Å². The quantitative estimate of drug-likeness (QED) is 0.818. The van der Waals surface area contributed by atoms with Crippen LogP contribution in [0.4, 0.5) is 5.69 Å². The van der Waals surface area contributed by atoms with E-state index in [1.165, 1.54) is 11.8 Å². The summed E-state index contributed by atoms with van der Waals surface area (Å²) in [6.07, 6.45) is 0.0255. The van der Waals surface area contributed by atoms with Crippen LogP contribution < -0.4 is 15.0 Å². The van der Waals surface area contributed by atoms with Crippen LogP contribution in [0.15, 0.2) is 24.3 Å². The number of aliphatic carboxylic acids is 1. The van der Waals surface area contributed by atoms with Gasteiger partial charge in [-0.3, -0.25) is 14.4 Å². The molecule has 2 amide bonds. The molecule has 1 aliphatic heterocycles. The fraction of sp³-hybridized carbons (Fsp3) is 0.357. The first-order valence-electron chi connectivity index (χ1n) is 6.53. The lowest BCUT2D eigenvalue weighted by Crippen LogP contribution is -2.43. The third kappa shape index (κ3) is 3.50. The molecule has 1 aromatic carbocycles. The molecule has 0 aliphatic carbocycles. The second-order valence-corrected chi connectivity index (χ2v) is 4.68. The minimum absolute atomic E-state index is 0.0255. The van der Waals surface area contributed by atoms with E-state index in [4.69, 9.17) is 9.84 Å². The van der Waals surface area contributed by atoms with Crippen LogP contribution in [0.25, 0.3) is 0 Å². The minimum Gasteiger partial charge on any atom is -0.482 e. The normalized spacial score (nSPS) is 14.9. The predicted molar refractivity (Wildman–Crippen MR) is 74.1 cm³/mol. The van der Waals surface area contributed by atoms with Crippen LogP contribution >= 0.6 is 0 Å². The number of para-hydroxylation sites is 2. The SMILES string of the molecule is CC(NC(=O)CCN1C(=O)COc2ccccc21)C(=O)O. The van der Waals surface area contributed by atoms with Gasteiger partial charge in [0, 0.05) is 13.0 Å². The molecule has 112 valence electrons. The van der Waals surface area contributed by atoms with Gasteiger partial charge in [0.15, 0.2) is 6.61 Å². The zero-order valence-corrected chi connectivity index (χ0v) is 11.5. The molecule has 2 N–H and O–H groups in total. The molecular formula is C14H16N2O5. The number of carboxylic acids is 1. The lowest BCUT2D eigenvalue weighted by atomic mass is 10.2. The second kappa shape index (κ2) is 6.25. The topological polar surface area (TPSA) is 95.9 Å². The molecule has 0 radical (unpaired) electrons. The van der Waals surface area contributed by atoms with Crippen LogP contribution in [0, 0.1) is 0 Å². The van der Waals surface area contributed by atoms with E-state index in [9.17, 15) is 14.4 Å². The molecule has 2 rings (SSSR count). The van der Waals surface area contributed by atoms with Crippen LogP contribution in [0.2, 0.25) is 0 Å². The molecule has 1 unspecified atom stereocenters. The molecule has 0 aromatic heterocycles. The van der Waals surface area contributed by atoms with E-state index < -0.39 is 17.9 Å². The fourth-order valence-electron chi connectivity index (χ4n) is 1.99. The number of rotatable bonds is 5. The number of carboxylic acid groups (broad SMARTS) is 1. The van der Waals surface area contributed by atoms with Gasteiger partial charge in [-0.1, -0.05) is 12.1 Å². The Hall–Kier alpha value is -2.57. The van der Waals surface area contributed by atoms with Crippen LogP contribution in [0.5, 0.6) is 5.75 Å². The van der Waals surface area contributed by atoms with E-state index in [1.807, 2.05) is 0 Å². The predicted octanol–water partition coefficient (Wildman–Crippen LogP) is 0.391. The maximum Gasteiger partial charge on any atom is 0.325 e. The first kappa shape index (κ1) is 14.8. The van der Waals surface area contributed by atoms with Crippen LogP contribution in [0.1, 0.15) is 13.3 Å². The number of carbonyl (C=O) groups is 3. The summed E-state index contributed by atoms with van der Waals surface area (Å²) in [5, 5.41) is 11.1. The summed E-state index contributed by atoms with van der Waals surface area (Å²) in [4.78, 5) is 35.7. The van der Waals surface area contributed by atoms with Gasteiger partial charge in [0.1, 0.15) is 11.8 Å².